The van der Waals surface area contributed by atoms with Crippen molar-refractivity contribution >= 4 is 38.0 Å². The summed E-state index contributed by atoms with van der Waals surface area (Å²) in [7, 11) is 2.78. The molecule has 0 aliphatic carbocycles. The molecule has 2 aliphatic rings. The van der Waals surface area contributed by atoms with Crippen molar-refractivity contribution in [3.63, 3.8) is 0 Å². The monoisotopic (exact) mass is 530 g/mol. The predicted molar refractivity (Wildman–Crippen MR) is 159 cm³/mol. The quantitative estimate of drug-likeness (QED) is 0.330. The Hall–Kier alpha value is -2.93. The first-order chi connectivity index (χ1) is 18.2. The van der Waals surface area contributed by atoms with Crippen molar-refractivity contribution in [2.45, 2.75) is 59.7 Å². The van der Waals surface area contributed by atoms with Gasteiger partial charge in [0.1, 0.15) is 11.6 Å². The summed E-state index contributed by atoms with van der Waals surface area (Å²) in [6.07, 6.45) is 10.9. The second-order valence-electron chi connectivity index (χ2n) is 11.1. The third-order valence-corrected chi connectivity index (χ3v) is 8.31. The van der Waals surface area contributed by atoms with Gasteiger partial charge in [0, 0.05) is 61.3 Å². The second-order valence-corrected chi connectivity index (χ2v) is 11.8. The van der Waals surface area contributed by atoms with Crippen molar-refractivity contribution in [3.05, 3.63) is 65.7 Å². The summed E-state index contributed by atoms with van der Waals surface area (Å²) in [6.45, 7) is 19.2. The van der Waals surface area contributed by atoms with Crippen LogP contribution in [0.4, 0.5) is 11.8 Å². The molecule has 2 fully saturated rings. The van der Waals surface area contributed by atoms with Gasteiger partial charge in [-0.3, -0.25) is 4.90 Å². The SMILES string of the molecule is C=C/C(=C\c1c(C)nc(C)n1C(C)C)c1cc(Nc2ncc(CN3CC4(C)CNCCC34)cn2)ncc1P. The lowest BCUT2D eigenvalue weighted by molar-refractivity contribution is -0.0852. The number of piperidine rings is 1. The number of imidazole rings is 1. The summed E-state index contributed by atoms with van der Waals surface area (Å²) in [6, 6.07) is 2.97. The number of aryl methyl sites for hydroxylation is 2. The summed E-state index contributed by atoms with van der Waals surface area (Å²) in [5, 5.41) is 7.80. The second kappa shape index (κ2) is 10.7. The molecule has 0 bridgehead atoms. The number of hydrogen-bond acceptors (Lipinski definition) is 7. The fourth-order valence-corrected chi connectivity index (χ4v) is 6.37. The fourth-order valence-electron chi connectivity index (χ4n) is 6.05. The average molecular weight is 531 g/mol. The number of hydrogen-bond donors (Lipinski definition) is 2. The Morgan fingerprint density at radius 1 is 1.26 bits per heavy atom. The molecule has 0 radical (unpaired) electrons. The van der Waals surface area contributed by atoms with Crippen LogP contribution in [0.25, 0.3) is 11.6 Å². The van der Waals surface area contributed by atoms with E-state index in [1.165, 1.54) is 6.42 Å². The number of nitrogens with one attached hydrogen (secondary N) is 2. The molecule has 3 aromatic heterocycles. The maximum atomic E-state index is 4.70. The Kier molecular flexibility index (Phi) is 7.49. The number of pyridine rings is 1. The third kappa shape index (κ3) is 5.18. The largest absolute Gasteiger partial charge is 0.326 e. The van der Waals surface area contributed by atoms with E-state index in [1.807, 2.05) is 44.6 Å². The summed E-state index contributed by atoms with van der Waals surface area (Å²) in [5.74, 6) is 2.23. The van der Waals surface area contributed by atoms with Crippen LogP contribution in [0.3, 0.4) is 0 Å². The highest BCUT2D eigenvalue weighted by Gasteiger charge is 2.49. The van der Waals surface area contributed by atoms with Gasteiger partial charge in [0.05, 0.1) is 11.4 Å². The summed E-state index contributed by atoms with van der Waals surface area (Å²) >= 11 is 0. The van der Waals surface area contributed by atoms with Gasteiger partial charge in [-0.15, -0.1) is 9.24 Å². The lowest BCUT2D eigenvalue weighted by atomic mass is 9.69. The van der Waals surface area contributed by atoms with Gasteiger partial charge >= 0.3 is 0 Å². The molecule has 8 nitrogen and oxygen atoms in total. The Morgan fingerprint density at radius 2 is 2.03 bits per heavy atom. The van der Waals surface area contributed by atoms with Crippen LogP contribution in [0.5, 0.6) is 0 Å². The van der Waals surface area contributed by atoms with Gasteiger partial charge in [-0.2, -0.15) is 0 Å². The highest BCUT2D eigenvalue weighted by Crippen LogP contribution is 2.41. The number of nitrogens with zero attached hydrogens (tertiary/aromatic N) is 6. The van der Waals surface area contributed by atoms with Crippen LogP contribution >= 0.6 is 9.24 Å². The molecular weight excluding hydrogens is 491 g/mol. The first-order valence-electron chi connectivity index (χ1n) is 13.4. The van der Waals surface area contributed by atoms with Crippen molar-refractivity contribution in [3.8, 4) is 0 Å². The van der Waals surface area contributed by atoms with Crippen molar-refractivity contribution in [2.75, 3.05) is 25.0 Å². The highest BCUT2D eigenvalue weighted by atomic mass is 31.0. The van der Waals surface area contributed by atoms with E-state index < -0.39 is 0 Å². The number of rotatable bonds is 8. The zero-order valence-electron chi connectivity index (χ0n) is 23.1. The molecule has 3 unspecified atom stereocenters. The normalized spacial score (nSPS) is 21.8. The first kappa shape index (κ1) is 26.7. The predicted octanol–water partition coefficient (Wildman–Crippen LogP) is 4.42. The minimum atomic E-state index is 0.309. The molecule has 5 rings (SSSR count). The van der Waals surface area contributed by atoms with Gasteiger partial charge in [-0.25, -0.2) is 19.9 Å². The molecule has 200 valence electrons. The number of anilines is 2. The van der Waals surface area contributed by atoms with Gasteiger partial charge in [0.2, 0.25) is 5.95 Å². The molecule has 2 aliphatic heterocycles. The Morgan fingerprint density at radius 3 is 2.71 bits per heavy atom. The molecule has 3 aromatic rings. The molecule has 0 aromatic carbocycles. The molecule has 5 heterocycles. The van der Waals surface area contributed by atoms with E-state index >= 15 is 0 Å². The smallest absolute Gasteiger partial charge is 0.228 e. The van der Waals surface area contributed by atoms with E-state index in [2.05, 4.69) is 77.7 Å². The van der Waals surface area contributed by atoms with Crippen molar-refractivity contribution < 1.29 is 0 Å². The molecule has 38 heavy (non-hydrogen) atoms. The Balaban J connectivity index is 1.32. The molecule has 0 spiro atoms. The van der Waals surface area contributed by atoms with Gasteiger partial charge < -0.3 is 15.2 Å². The standard InChI is InChI=1S/C29H39N8P/c1-7-22(10-24-19(4)34-20(5)37(24)18(2)3)23-11-27(31-14-25(23)38)35-28-32-12-21(13-33-28)15-36-17-29(6)16-30-9-8-26(29)36/h7,10-14,18,26,30H,1,8-9,15-17,38H2,2-6H3,(H,31,32,33,35)/b22-10+. The Bertz CT molecular complexity index is 1360. The number of aromatic nitrogens is 5. The number of likely N-dealkylation sites (tertiary alicyclic amines) is 1. The summed E-state index contributed by atoms with van der Waals surface area (Å²) < 4.78 is 2.25. The van der Waals surface area contributed by atoms with Gasteiger partial charge in [-0.05, 0) is 69.2 Å². The van der Waals surface area contributed by atoms with Crippen LogP contribution in [-0.2, 0) is 6.54 Å². The molecule has 0 amide bonds. The van der Waals surface area contributed by atoms with Crippen LogP contribution in [-0.4, -0.2) is 55.1 Å². The lowest BCUT2D eigenvalue weighted by Gasteiger charge is -2.58. The zero-order valence-corrected chi connectivity index (χ0v) is 24.3. The summed E-state index contributed by atoms with van der Waals surface area (Å²) in [4.78, 5) is 21.0. The zero-order chi connectivity index (χ0) is 27.0. The van der Waals surface area contributed by atoms with Crippen molar-refractivity contribution in [1.29, 1.82) is 0 Å². The van der Waals surface area contributed by atoms with Crippen molar-refractivity contribution in [2.24, 2.45) is 5.41 Å². The Labute approximate surface area is 228 Å². The first-order valence-corrected chi connectivity index (χ1v) is 13.9. The minimum absolute atomic E-state index is 0.309. The van der Waals surface area contributed by atoms with E-state index in [0.717, 1.165) is 65.4 Å². The van der Waals surface area contributed by atoms with Gasteiger partial charge in [-0.1, -0.05) is 19.6 Å². The lowest BCUT2D eigenvalue weighted by Crippen LogP contribution is -2.69. The topological polar surface area (TPSA) is 83.8 Å². The molecular formula is C29H39N8P. The third-order valence-electron chi connectivity index (χ3n) is 7.85. The van der Waals surface area contributed by atoms with E-state index in [4.69, 9.17) is 4.98 Å². The molecule has 3 atom stereocenters. The van der Waals surface area contributed by atoms with E-state index in [0.29, 0.717) is 29.3 Å². The van der Waals surface area contributed by atoms with Crippen LogP contribution in [0.2, 0.25) is 0 Å². The van der Waals surface area contributed by atoms with Crippen molar-refractivity contribution in [1.82, 2.24) is 34.7 Å². The molecule has 9 heteroatoms. The minimum Gasteiger partial charge on any atom is -0.326 e. The molecule has 2 N–H and O–H groups in total. The molecule has 0 saturated carbocycles. The van der Waals surface area contributed by atoms with E-state index in [1.54, 1.807) is 0 Å². The molecule has 2 saturated heterocycles. The number of fused-ring (bicyclic) bond motifs is 1. The van der Waals surface area contributed by atoms with E-state index in [9.17, 15) is 0 Å². The highest BCUT2D eigenvalue weighted by molar-refractivity contribution is 7.27. The van der Waals surface area contributed by atoms with Crippen LogP contribution < -0.4 is 15.9 Å². The van der Waals surface area contributed by atoms with Crippen LogP contribution in [0.15, 0.2) is 37.3 Å². The van der Waals surface area contributed by atoms with Crippen LogP contribution in [0.1, 0.15) is 61.6 Å². The number of allylic oxidation sites excluding steroid dienone is 2. The fraction of sp³-hybridized carbons (Fsp3) is 0.448. The maximum absolute atomic E-state index is 4.70. The maximum Gasteiger partial charge on any atom is 0.228 e. The van der Waals surface area contributed by atoms with Crippen LogP contribution in [0, 0.1) is 19.3 Å². The van der Waals surface area contributed by atoms with E-state index in [-0.39, 0.29) is 0 Å². The van der Waals surface area contributed by atoms with Gasteiger partial charge in [0.15, 0.2) is 0 Å². The van der Waals surface area contributed by atoms with Gasteiger partial charge in [0.25, 0.3) is 0 Å². The summed E-state index contributed by atoms with van der Waals surface area (Å²) in [5.41, 5.74) is 5.66. The average Bonchev–Trinajstić information content (AvgIpc) is 3.16.